The molecule has 0 spiro atoms. The summed E-state index contributed by atoms with van der Waals surface area (Å²) >= 11 is 0. The van der Waals surface area contributed by atoms with Crippen LogP contribution in [0.25, 0.3) is 93.2 Å². The Morgan fingerprint density at radius 3 is 1.85 bits per heavy atom. The van der Waals surface area contributed by atoms with Crippen LogP contribution in [-0.2, 0) is 0 Å². The second-order valence-electron chi connectivity index (χ2n) is 14.7. The van der Waals surface area contributed by atoms with Crippen LogP contribution in [0.5, 0.6) is 0 Å². The van der Waals surface area contributed by atoms with E-state index >= 15 is 0 Å². The molecule has 3 heteroatoms. The highest BCUT2D eigenvalue weighted by atomic mass is 16.3. The normalized spacial score (nSPS) is 13.6. The van der Waals surface area contributed by atoms with Crippen molar-refractivity contribution in [1.82, 2.24) is 4.57 Å². The van der Waals surface area contributed by atoms with Crippen LogP contribution in [0.1, 0.15) is 11.0 Å². The number of anilines is 3. The van der Waals surface area contributed by atoms with Gasteiger partial charge in [-0.05, 0) is 105 Å². The highest BCUT2D eigenvalue weighted by Gasteiger charge is 2.24. The van der Waals surface area contributed by atoms with Crippen LogP contribution in [0.2, 0.25) is 0 Å². The quantitative estimate of drug-likeness (QED) is 0.168. The molecule has 3 nitrogen and oxygen atoms in total. The molecule has 0 aliphatic rings. The molecule has 10 aromatic carbocycles. The van der Waals surface area contributed by atoms with Gasteiger partial charge in [-0.25, -0.2) is 0 Å². The Morgan fingerprint density at radius 2 is 1.05 bits per heavy atom. The number of furan rings is 1. The molecule has 2 heterocycles. The molecule has 59 heavy (non-hydrogen) atoms. The number of rotatable bonds is 6. The van der Waals surface area contributed by atoms with Gasteiger partial charge in [0.2, 0.25) is 0 Å². The van der Waals surface area contributed by atoms with Crippen molar-refractivity contribution in [2.24, 2.45) is 0 Å². The summed E-state index contributed by atoms with van der Waals surface area (Å²) in [6.45, 7) is 0. The molecule has 0 saturated heterocycles. The zero-order valence-corrected chi connectivity index (χ0v) is 31.5. The summed E-state index contributed by atoms with van der Waals surface area (Å²) in [7, 11) is 0. The van der Waals surface area contributed by atoms with Gasteiger partial charge in [-0.3, -0.25) is 0 Å². The van der Waals surface area contributed by atoms with Crippen molar-refractivity contribution < 1.29 is 15.4 Å². The molecular weight excluding hydrogens is 717 g/mol. The van der Waals surface area contributed by atoms with Crippen LogP contribution in [-0.4, -0.2) is 4.57 Å². The molecule has 12 aromatic rings. The van der Waals surface area contributed by atoms with E-state index in [0.717, 1.165) is 43.4 Å². The van der Waals surface area contributed by atoms with Gasteiger partial charge in [-0.15, -0.1) is 0 Å². The lowest BCUT2D eigenvalue weighted by molar-refractivity contribution is 0.672. The molecule has 0 atom stereocenters. The summed E-state index contributed by atoms with van der Waals surface area (Å²) in [6, 6.07) is 51.0. The second-order valence-corrected chi connectivity index (χ2v) is 14.7. The highest BCUT2D eigenvalue weighted by Crippen LogP contribution is 2.47. The Morgan fingerprint density at radius 1 is 0.424 bits per heavy atom. The number of aromatic nitrogens is 1. The van der Waals surface area contributed by atoms with Crippen molar-refractivity contribution in [3.63, 3.8) is 0 Å². The molecule has 0 bridgehead atoms. The van der Waals surface area contributed by atoms with Crippen LogP contribution in [0.15, 0.2) is 223 Å². The second kappa shape index (κ2) is 13.4. The molecule has 12 rings (SSSR count). The van der Waals surface area contributed by atoms with Crippen molar-refractivity contribution >= 4 is 82.4 Å². The Labute approximate surface area is 352 Å². The third-order valence-corrected chi connectivity index (χ3v) is 11.4. The third-order valence-electron chi connectivity index (χ3n) is 11.4. The third kappa shape index (κ3) is 5.36. The zero-order valence-electron chi connectivity index (χ0n) is 39.5. The number of nitrogens with zero attached hydrogens (tertiary/aromatic N) is 2. The van der Waals surface area contributed by atoms with Gasteiger partial charge in [-0.2, -0.15) is 0 Å². The van der Waals surface area contributed by atoms with Gasteiger partial charge in [-0.1, -0.05) is 152 Å². The number of hydrogen-bond donors (Lipinski definition) is 0. The maximum absolute atomic E-state index is 9.97. The maximum Gasteiger partial charge on any atom is 0.143 e. The van der Waals surface area contributed by atoms with E-state index in [1.807, 2.05) is 138 Å². The Bertz CT molecular complexity index is 3980. The number of hydrogen-bond acceptors (Lipinski definition) is 2. The van der Waals surface area contributed by atoms with Crippen molar-refractivity contribution in [3.8, 4) is 27.9 Å². The fourth-order valence-corrected chi connectivity index (χ4v) is 8.65. The van der Waals surface area contributed by atoms with Gasteiger partial charge in [0.05, 0.1) is 44.4 Å². The molecule has 2 aromatic heterocycles. The van der Waals surface area contributed by atoms with E-state index in [1.54, 1.807) is 18.2 Å². The van der Waals surface area contributed by atoms with E-state index in [4.69, 9.17) is 5.79 Å². The molecule has 0 saturated carbocycles. The Balaban J connectivity index is 1.19. The SMILES string of the molecule is [2H]c1c([2H])c([2H])c(-n2c3ccccc3c3ccccc32)c(N(c2c([2H])c([2H])c(-c3cccc(-c4ccc5ccccc5c4)c3)c([2H])c2[2H])c2cccc3oc4c5ccccc5ccc4c23)c1[2H]. The molecule has 276 valence electrons. The zero-order chi connectivity index (χ0) is 45.8. The summed E-state index contributed by atoms with van der Waals surface area (Å²) in [5, 5.41) is 6.96. The Hall–Kier alpha value is -7.88. The lowest BCUT2D eigenvalue weighted by Crippen LogP contribution is -2.13. The van der Waals surface area contributed by atoms with Crippen molar-refractivity contribution in [2.45, 2.75) is 0 Å². The maximum atomic E-state index is 9.97. The fourth-order valence-electron chi connectivity index (χ4n) is 8.65. The minimum atomic E-state index is -0.526. The van der Waals surface area contributed by atoms with E-state index in [9.17, 15) is 9.60 Å². The summed E-state index contributed by atoms with van der Waals surface area (Å²) in [6.07, 6.45) is 0. The molecular formula is C56H36N2O. The van der Waals surface area contributed by atoms with E-state index in [-0.39, 0.29) is 40.8 Å². The minimum Gasteiger partial charge on any atom is -0.455 e. The first-order valence-corrected chi connectivity index (χ1v) is 19.5. The van der Waals surface area contributed by atoms with Crippen molar-refractivity contribution in [1.29, 1.82) is 0 Å². The summed E-state index contributed by atoms with van der Waals surface area (Å²) in [5.74, 6) is 0. The first-order valence-electron chi connectivity index (χ1n) is 23.5. The first kappa shape index (κ1) is 26.1. The predicted octanol–water partition coefficient (Wildman–Crippen LogP) is 15.8. The van der Waals surface area contributed by atoms with E-state index in [0.29, 0.717) is 44.2 Å². The largest absolute Gasteiger partial charge is 0.455 e. The Kier molecular flexibility index (Phi) is 5.92. The van der Waals surface area contributed by atoms with Gasteiger partial charge in [0.15, 0.2) is 0 Å². The fraction of sp³-hybridized carbons (Fsp3) is 0. The molecule has 0 fully saturated rings. The van der Waals surface area contributed by atoms with Crippen LogP contribution < -0.4 is 4.90 Å². The van der Waals surface area contributed by atoms with Gasteiger partial charge in [0.25, 0.3) is 0 Å². The molecule has 0 amide bonds. The average molecular weight is 761 g/mol. The van der Waals surface area contributed by atoms with Gasteiger partial charge in [0.1, 0.15) is 11.2 Å². The molecule has 0 aliphatic heterocycles. The van der Waals surface area contributed by atoms with E-state index in [1.165, 1.54) is 4.90 Å². The molecule has 0 radical (unpaired) electrons. The van der Waals surface area contributed by atoms with Crippen molar-refractivity contribution in [2.75, 3.05) is 4.90 Å². The summed E-state index contributed by atoms with van der Waals surface area (Å²) in [5.41, 5.74) is 4.92. The van der Waals surface area contributed by atoms with Crippen LogP contribution in [0, 0.1) is 0 Å². The van der Waals surface area contributed by atoms with Crippen LogP contribution in [0.4, 0.5) is 17.1 Å². The average Bonchev–Trinajstić information content (AvgIpc) is 3.92. The van der Waals surface area contributed by atoms with E-state index in [2.05, 4.69) is 18.2 Å². The van der Waals surface area contributed by atoms with Gasteiger partial charge >= 0.3 is 0 Å². The smallest absolute Gasteiger partial charge is 0.143 e. The predicted molar refractivity (Wildman–Crippen MR) is 249 cm³/mol. The highest BCUT2D eigenvalue weighted by molar-refractivity contribution is 6.20. The topological polar surface area (TPSA) is 21.3 Å². The van der Waals surface area contributed by atoms with Gasteiger partial charge in [0, 0.05) is 27.2 Å². The lowest BCUT2D eigenvalue weighted by Gasteiger charge is -2.29. The van der Waals surface area contributed by atoms with Gasteiger partial charge < -0.3 is 13.9 Å². The molecule has 0 aliphatic carbocycles. The van der Waals surface area contributed by atoms with Crippen LogP contribution in [0.3, 0.4) is 0 Å². The summed E-state index contributed by atoms with van der Waals surface area (Å²) < 4.78 is 85.8. The van der Waals surface area contributed by atoms with Crippen molar-refractivity contribution in [3.05, 3.63) is 218 Å². The van der Waals surface area contributed by atoms with E-state index < -0.39 is 30.2 Å². The minimum absolute atomic E-state index is 0.0630. The molecule has 0 N–H and O–H groups in total. The molecule has 0 unspecified atom stereocenters. The number of benzene rings is 10. The standard InChI is InChI=1S/C56H36N2O/c1-2-15-40-36-43(28-27-37(40)13-1)42-17-11-16-41(35-42)38-29-32-44(33-30-38)57(53-25-12-26-54-55(53)48-34-31-39-14-3-4-18-45(39)56(48)59-54)51-23-9-10-24-52(51)58-49-21-7-5-19-46(49)47-20-6-8-22-50(47)58/h1-36H/i9D,10D,23D,24D,29D,30D,32D,33D. The number of para-hydroxylation sites is 4. The van der Waals surface area contributed by atoms with Crippen LogP contribution >= 0.6 is 0 Å². The summed E-state index contributed by atoms with van der Waals surface area (Å²) in [4.78, 5) is 1.50. The first-order chi connectivity index (χ1) is 32.6. The monoisotopic (exact) mass is 760 g/mol. The lowest BCUT2D eigenvalue weighted by atomic mass is 9.97. The number of fused-ring (bicyclic) bond motifs is 9.